The van der Waals surface area contributed by atoms with E-state index in [1.54, 1.807) is 0 Å². The molecule has 1 saturated heterocycles. The van der Waals surface area contributed by atoms with Gasteiger partial charge in [0.2, 0.25) is 5.91 Å². The van der Waals surface area contributed by atoms with E-state index in [0.717, 1.165) is 56.8 Å². The van der Waals surface area contributed by atoms with Crippen molar-refractivity contribution in [3.63, 3.8) is 0 Å². The number of amides is 1. The van der Waals surface area contributed by atoms with Crippen molar-refractivity contribution in [1.29, 1.82) is 0 Å². The van der Waals surface area contributed by atoms with Gasteiger partial charge >= 0.3 is 0 Å². The number of rotatable bonds is 8. The highest BCUT2D eigenvalue weighted by Crippen LogP contribution is 2.14. The smallest absolute Gasteiger partial charge is 0.223 e. The van der Waals surface area contributed by atoms with E-state index in [4.69, 9.17) is 4.74 Å². The molecule has 1 aromatic carbocycles. The summed E-state index contributed by atoms with van der Waals surface area (Å²) in [5, 5.41) is 6.32. The fourth-order valence-corrected chi connectivity index (χ4v) is 2.69. The van der Waals surface area contributed by atoms with E-state index in [-0.39, 0.29) is 24.2 Å². The minimum absolute atomic E-state index is 0. The molecule has 24 heavy (non-hydrogen) atoms. The topological polar surface area (TPSA) is 53.6 Å². The zero-order valence-corrected chi connectivity index (χ0v) is 15.5. The number of hydrogen-bond donors (Lipinski definition) is 2. The molecule has 1 aliphatic heterocycles. The van der Waals surface area contributed by atoms with Gasteiger partial charge in [-0.2, -0.15) is 0 Å². The van der Waals surface area contributed by atoms with Crippen LogP contribution in [0, 0.1) is 5.92 Å². The lowest BCUT2D eigenvalue weighted by molar-refractivity contribution is -0.125. The summed E-state index contributed by atoms with van der Waals surface area (Å²) in [6.45, 7) is 4.23. The number of benzene rings is 1. The molecule has 6 heteroatoms. The molecule has 1 heterocycles. The third-order valence-electron chi connectivity index (χ3n) is 4.12. The molecule has 0 bridgehead atoms. The van der Waals surface area contributed by atoms with E-state index in [1.807, 2.05) is 24.3 Å². The lowest BCUT2D eigenvalue weighted by Crippen LogP contribution is -2.37. The van der Waals surface area contributed by atoms with Crippen molar-refractivity contribution < 1.29 is 9.53 Å². The minimum Gasteiger partial charge on any atom is -0.494 e. The molecule has 136 valence electrons. The van der Waals surface area contributed by atoms with Gasteiger partial charge in [-0.1, -0.05) is 12.1 Å². The Balaban J connectivity index is 0.00000288. The number of halogens is 1. The van der Waals surface area contributed by atoms with Gasteiger partial charge in [0, 0.05) is 19.0 Å². The number of piperidine rings is 1. The molecule has 2 N–H and O–H groups in total. The monoisotopic (exact) mass is 355 g/mol. The van der Waals surface area contributed by atoms with Crippen LogP contribution in [0.15, 0.2) is 24.3 Å². The number of ether oxygens (including phenoxy) is 1. The SMILES string of the molecule is CN(C)CCCOc1ccc(CNC(=O)C2CCNCC2)cc1.Cl. The van der Waals surface area contributed by atoms with Crippen LogP contribution in [0.1, 0.15) is 24.8 Å². The Hall–Kier alpha value is -1.30. The zero-order valence-electron chi connectivity index (χ0n) is 14.7. The molecule has 1 aliphatic rings. The third-order valence-corrected chi connectivity index (χ3v) is 4.12. The van der Waals surface area contributed by atoms with E-state index in [9.17, 15) is 4.79 Å². The summed E-state index contributed by atoms with van der Waals surface area (Å²) in [6.07, 6.45) is 2.89. The standard InChI is InChI=1S/C18H29N3O2.ClH/c1-21(2)12-3-13-23-17-6-4-15(5-7-17)14-20-18(22)16-8-10-19-11-9-16;/h4-7,16,19H,3,8-14H2,1-2H3,(H,20,22);1H. The lowest BCUT2D eigenvalue weighted by Gasteiger charge is -2.21. The maximum absolute atomic E-state index is 12.1. The van der Waals surface area contributed by atoms with Crippen LogP contribution < -0.4 is 15.4 Å². The van der Waals surface area contributed by atoms with Crippen molar-refractivity contribution in [2.45, 2.75) is 25.8 Å². The number of nitrogens with zero attached hydrogens (tertiary/aromatic N) is 1. The highest BCUT2D eigenvalue weighted by atomic mass is 35.5. The largest absolute Gasteiger partial charge is 0.494 e. The highest BCUT2D eigenvalue weighted by molar-refractivity contribution is 5.85. The first kappa shape index (κ1) is 20.7. The Kier molecular flexibility index (Phi) is 9.76. The molecule has 0 spiro atoms. The molecule has 0 saturated carbocycles. The molecule has 0 atom stereocenters. The van der Waals surface area contributed by atoms with E-state index in [2.05, 4.69) is 29.6 Å². The van der Waals surface area contributed by atoms with Gasteiger partial charge in [-0.25, -0.2) is 0 Å². The first-order chi connectivity index (χ1) is 11.1. The van der Waals surface area contributed by atoms with E-state index < -0.39 is 0 Å². The quantitative estimate of drug-likeness (QED) is 0.701. The molecule has 1 aromatic rings. The Morgan fingerprint density at radius 2 is 1.92 bits per heavy atom. The molecule has 1 amide bonds. The van der Waals surface area contributed by atoms with Crippen molar-refractivity contribution in [3.05, 3.63) is 29.8 Å². The fourth-order valence-electron chi connectivity index (χ4n) is 2.69. The molecule has 0 unspecified atom stereocenters. The number of nitrogens with one attached hydrogen (secondary N) is 2. The van der Waals surface area contributed by atoms with Gasteiger partial charge in [-0.15, -0.1) is 12.4 Å². The molecule has 5 nitrogen and oxygen atoms in total. The molecular weight excluding hydrogens is 326 g/mol. The number of hydrogen-bond acceptors (Lipinski definition) is 4. The second-order valence-electron chi connectivity index (χ2n) is 6.39. The Bertz CT molecular complexity index is 474. The van der Waals surface area contributed by atoms with Crippen LogP contribution in [0.2, 0.25) is 0 Å². The van der Waals surface area contributed by atoms with Crippen molar-refractivity contribution in [2.24, 2.45) is 5.92 Å². The normalized spacial score (nSPS) is 15.0. The molecule has 0 aromatic heterocycles. The molecule has 1 fully saturated rings. The van der Waals surface area contributed by atoms with Crippen LogP contribution >= 0.6 is 12.4 Å². The van der Waals surface area contributed by atoms with Crippen LogP contribution in [-0.2, 0) is 11.3 Å². The molecular formula is C18H30ClN3O2. The Morgan fingerprint density at radius 1 is 1.25 bits per heavy atom. The van der Waals surface area contributed by atoms with E-state index in [1.165, 1.54) is 0 Å². The average molecular weight is 356 g/mol. The summed E-state index contributed by atoms with van der Waals surface area (Å²) in [4.78, 5) is 14.3. The second-order valence-corrected chi connectivity index (χ2v) is 6.39. The van der Waals surface area contributed by atoms with Crippen molar-refractivity contribution in [2.75, 3.05) is 40.3 Å². The van der Waals surface area contributed by atoms with Crippen molar-refractivity contribution in [1.82, 2.24) is 15.5 Å². The van der Waals surface area contributed by atoms with Gasteiger partial charge in [0.15, 0.2) is 0 Å². The Morgan fingerprint density at radius 3 is 2.54 bits per heavy atom. The summed E-state index contributed by atoms with van der Waals surface area (Å²) < 4.78 is 5.71. The predicted octanol–water partition coefficient (Wildman–Crippen LogP) is 2.05. The molecule has 0 radical (unpaired) electrons. The Labute approximate surface area is 151 Å². The number of carbonyl (C=O) groups excluding carboxylic acids is 1. The zero-order chi connectivity index (χ0) is 16.5. The van der Waals surface area contributed by atoms with Crippen LogP contribution in [-0.4, -0.2) is 51.1 Å². The molecule has 2 rings (SSSR count). The minimum atomic E-state index is 0. The van der Waals surface area contributed by atoms with Gasteiger partial charge in [-0.05, 0) is 64.1 Å². The first-order valence-electron chi connectivity index (χ1n) is 8.50. The summed E-state index contributed by atoms with van der Waals surface area (Å²) in [6, 6.07) is 7.98. The highest BCUT2D eigenvalue weighted by Gasteiger charge is 2.20. The van der Waals surface area contributed by atoms with Crippen LogP contribution in [0.3, 0.4) is 0 Å². The first-order valence-corrected chi connectivity index (χ1v) is 8.50. The summed E-state index contributed by atoms with van der Waals surface area (Å²) in [7, 11) is 4.12. The predicted molar refractivity (Wildman–Crippen MR) is 99.8 cm³/mol. The van der Waals surface area contributed by atoms with Gasteiger partial charge in [0.1, 0.15) is 5.75 Å². The van der Waals surface area contributed by atoms with Crippen LogP contribution in [0.25, 0.3) is 0 Å². The third kappa shape index (κ3) is 7.51. The molecule has 0 aliphatic carbocycles. The average Bonchev–Trinajstić information content (AvgIpc) is 2.58. The van der Waals surface area contributed by atoms with Gasteiger partial charge in [-0.3, -0.25) is 4.79 Å². The van der Waals surface area contributed by atoms with E-state index in [0.29, 0.717) is 6.54 Å². The maximum Gasteiger partial charge on any atom is 0.223 e. The van der Waals surface area contributed by atoms with Gasteiger partial charge in [0.05, 0.1) is 6.61 Å². The second kappa shape index (κ2) is 11.3. The van der Waals surface area contributed by atoms with Crippen molar-refractivity contribution >= 4 is 18.3 Å². The van der Waals surface area contributed by atoms with Gasteiger partial charge < -0.3 is 20.3 Å². The summed E-state index contributed by atoms with van der Waals surface area (Å²) in [5.41, 5.74) is 1.10. The summed E-state index contributed by atoms with van der Waals surface area (Å²) in [5.74, 6) is 1.23. The number of carbonyl (C=O) groups is 1. The maximum atomic E-state index is 12.1. The van der Waals surface area contributed by atoms with Crippen LogP contribution in [0.5, 0.6) is 5.75 Å². The van der Waals surface area contributed by atoms with E-state index >= 15 is 0 Å². The van der Waals surface area contributed by atoms with Crippen LogP contribution in [0.4, 0.5) is 0 Å². The summed E-state index contributed by atoms with van der Waals surface area (Å²) >= 11 is 0. The van der Waals surface area contributed by atoms with Crippen molar-refractivity contribution in [3.8, 4) is 5.75 Å². The fraction of sp³-hybridized carbons (Fsp3) is 0.611. The lowest BCUT2D eigenvalue weighted by atomic mass is 9.97. The van der Waals surface area contributed by atoms with Gasteiger partial charge in [0.25, 0.3) is 0 Å².